The molecule has 0 bridgehead atoms. The number of benzene rings is 1. The van der Waals surface area contributed by atoms with Crippen molar-refractivity contribution in [3.8, 4) is 0 Å². The molecule has 1 aromatic rings. The van der Waals surface area contributed by atoms with Crippen molar-refractivity contribution in [1.82, 2.24) is 0 Å². The van der Waals surface area contributed by atoms with E-state index < -0.39 is 0 Å². The Kier molecular flexibility index (Phi) is 5.55. The van der Waals surface area contributed by atoms with Crippen LogP contribution in [0.1, 0.15) is 45.4 Å². The molecular weight excluding hydrogens is 286 g/mol. The van der Waals surface area contributed by atoms with Gasteiger partial charge in [-0.05, 0) is 69.7 Å². The number of carbonyl (C=O) groups excluding carboxylic acids is 1. The molecule has 4 heteroatoms. The Bertz CT molecular complexity index is 508. The quantitative estimate of drug-likeness (QED) is 0.892. The average Bonchev–Trinajstić information content (AvgIpc) is 2.58. The van der Waals surface area contributed by atoms with Gasteiger partial charge in [-0.2, -0.15) is 0 Å². The van der Waals surface area contributed by atoms with Gasteiger partial charge in [0.15, 0.2) is 6.54 Å². The molecule has 2 atom stereocenters. The molecule has 0 aliphatic carbocycles. The number of hydrogen-bond donors (Lipinski definition) is 2. The Morgan fingerprint density at radius 2 is 1.87 bits per heavy atom. The van der Waals surface area contributed by atoms with Gasteiger partial charge < -0.3 is 15.1 Å². The largest absolute Gasteiger partial charge is 0.372 e. The summed E-state index contributed by atoms with van der Waals surface area (Å²) in [6, 6.07) is 8.96. The molecule has 1 unspecified atom stereocenters. The lowest BCUT2D eigenvalue weighted by Gasteiger charge is -2.29. The smallest absolute Gasteiger partial charge is 0.279 e. The van der Waals surface area contributed by atoms with Crippen molar-refractivity contribution in [2.75, 3.05) is 36.4 Å². The molecule has 0 aromatic heterocycles. The maximum atomic E-state index is 12.3. The molecule has 2 N–H and O–H groups in total. The molecule has 1 amide bonds. The van der Waals surface area contributed by atoms with E-state index in [2.05, 4.69) is 29.3 Å². The van der Waals surface area contributed by atoms with E-state index in [0.717, 1.165) is 25.3 Å². The number of rotatable bonds is 4. The molecule has 2 aliphatic rings. The summed E-state index contributed by atoms with van der Waals surface area (Å²) in [4.78, 5) is 16.1. The van der Waals surface area contributed by atoms with Crippen LogP contribution in [0, 0.1) is 0 Å². The maximum absolute atomic E-state index is 12.3. The second-order valence-corrected chi connectivity index (χ2v) is 7.12. The summed E-state index contributed by atoms with van der Waals surface area (Å²) < 4.78 is 0. The van der Waals surface area contributed by atoms with Crippen LogP contribution >= 0.6 is 0 Å². The van der Waals surface area contributed by atoms with E-state index in [-0.39, 0.29) is 5.91 Å². The molecule has 0 saturated carbocycles. The second kappa shape index (κ2) is 7.82. The van der Waals surface area contributed by atoms with E-state index >= 15 is 0 Å². The number of anilines is 2. The van der Waals surface area contributed by atoms with E-state index in [1.165, 1.54) is 49.1 Å². The molecule has 23 heavy (non-hydrogen) atoms. The van der Waals surface area contributed by atoms with Gasteiger partial charge in [-0.15, -0.1) is 0 Å². The number of quaternary nitrogens is 1. The molecule has 126 valence electrons. The molecule has 1 aromatic carbocycles. The normalized spacial score (nSPS) is 25.2. The van der Waals surface area contributed by atoms with Crippen LogP contribution in [-0.2, 0) is 4.79 Å². The third-order valence-electron chi connectivity index (χ3n) is 5.34. The van der Waals surface area contributed by atoms with Crippen LogP contribution in [0.2, 0.25) is 0 Å². The van der Waals surface area contributed by atoms with Gasteiger partial charge >= 0.3 is 0 Å². The van der Waals surface area contributed by atoms with Crippen molar-refractivity contribution in [3.05, 3.63) is 24.3 Å². The molecule has 2 fully saturated rings. The summed E-state index contributed by atoms with van der Waals surface area (Å²) in [5.74, 6) is 0.138. The first kappa shape index (κ1) is 16.3. The third kappa shape index (κ3) is 4.47. The topological polar surface area (TPSA) is 36.8 Å². The molecule has 4 nitrogen and oxygen atoms in total. The predicted octanol–water partition coefficient (Wildman–Crippen LogP) is 2.07. The van der Waals surface area contributed by atoms with E-state index in [9.17, 15) is 4.79 Å². The molecule has 0 spiro atoms. The van der Waals surface area contributed by atoms with Crippen LogP contribution < -0.4 is 15.1 Å². The lowest BCUT2D eigenvalue weighted by atomic mass is 10.0. The fourth-order valence-electron chi connectivity index (χ4n) is 3.83. The van der Waals surface area contributed by atoms with Crippen molar-refractivity contribution in [2.45, 2.75) is 51.5 Å². The molecule has 2 saturated heterocycles. The minimum atomic E-state index is 0.138. The maximum Gasteiger partial charge on any atom is 0.279 e. The zero-order valence-corrected chi connectivity index (χ0v) is 14.3. The van der Waals surface area contributed by atoms with Gasteiger partial charge in [0, 0.05) is 24.5 Å². The van der Waals surface area contributed by atoms with E-state index in [4.69, 9.17) is 0 Å². The molecule has 0 radical (unpaired) electrons. The number of nitrogens with zero attached hydrogens (tertiary/aromatic N) is 1. The average molecular weight is 316 g/mol. The highest BCUT2D eigenvalue weighted by Crippen LogP contribution is 2.21. The zero-order valence-electron chi connectivity index (χ0n) is 14.3. The Morgan fingerprint density at radius 3 is 2.57 bits per heavy atom. The second-order valence-electron chi connectivity index (χ2n) is 7.12. The summed E-state index contributed by atoms with van der Waals surface area (Å²) in [5, 5.41) is 3.06. The first-order valence-electron chi connectivity index (χ1n) is 9.22. The van der Waals surface area contributed by atoms with E-state index in [1.807, 2.05) is 12.1 Å². The Labute approximate surface area is 139 Å². The Morgan fingerprint density at radius 1 is 1.13 bits per heavy atom. The number of piperidine rings is 2. The summed E-state index contributed by atoms with van der Waals surface area (Å²) in [6.07, 6.45) is 7.72. The van der Waals surface area contributed by atoms with Gasteiger partial charge in [0.05, 0.1) is 12.6 Å². The SMILES string of the molecule is C[C@H]1CCCC[NH+]1CC(=O)Nc1ccc(N2CCCCC2)cc1. The van der Waals surface area contributed by atoms with Crippen LogP contribution in [0.3, 0.4) is 0 Å². The van der Waals surface area contributed by atoms with E-state index in [0.29, 0.717) is 12.6 Å². The van der Waals surface area contributed by atoms with Gasteiger partial charge in [-0.1, -0.05) is 0 Å². The number of likely N-dealkylation sites (tertiary alicyclic amines) is 1. The van der Waals surface area contributed by atoms with Crippen molar-refractivity contribution in [1.29, 1.82) is 0 Å². The fraction of sp³-hybridized carbons (Fsp3) is 0.632. The highest BCUT2D eigenvalue weighted by molar-refractivity contribution is 5.91. The Hall–Kier alpha value is -1.55. The minimum absolute atomic E-state index is 0.138. The van der Waals surface area contributed by atoms with Crippen molar-refractivity contribution >= 4 is 17.3 Å². The van der Waals surface area contributed by atoms with Gasteiger partial charge in [0.25, 0.3) is 5.91 Å². The van der Waals surface area contributed by atoms with Gasteiger partial charge in [-0.25, -0.2) is 0 Å². The first-order valence-corrected chi connectivity index (χ1v) is 9.22. The third-order valence-corrected chi connectivity index (χ3v) is 5.34. The predicted molar refractivity (Wildman–Crippen MR) is 95.1 cm³/mol. The zero-order chi connectivity index (χ0) is 16.1. The molecule has 3 rings (SSSR count). The van der Waals surface area contributed by atoms with Gasteiger partial charge in [0.1, 0.15) is 0 Å². The van der Waals surface area contributed by atoms with Crippen molar-refractivity contribution < 1.29 is 9.69 Å². The Balaban J connectivity index is 1.52. The standard InChI is InChI=1S/C19H29N3O/c1-16-7-3-6-14-22(16)15-19(23)20-17-8-10-18(11-9-17)21-12-4-2-5-13-21/h8-11,16H,2-7,12-15H2,1H3,(H,20,23)/p+1/t16-/m0/s1. The summed E-state index contributed by atoms with van der Waals surface area (Å²) in [7, 11) is 0. The number of hydrogen-bond acceptors (Lipinski definition) is 2. The minimum Gasteiger partial charge on any atom is -0.372 e. The number of amides is 1. The summed E-state index contributed by atoms with van der Waals surface area (Å²) >= 11 is 0. The number of nitrogens with one attached hydrogen (secondary N) is 2. The van der Waals surface area contributed by atoms with E-state index in [1.54, 1.807) is 0 Å². The molecule has 2 heterocycles. The van der Waals surface area contributed by atoms with Crippen LogP contribution in [0.4, 0.5) is 11.4 Å². The van der Waals surface area contributed by atoms with Crippen molar-refractivity contribution in [3.63, 3.8) is 0 Å². The van der Waals surface area contributed by atoms with Crippen molar-refractivity contribution in [2.24, 2.45) is 0 Å². The summed E-state index contributed by atoms with van der Waals surface area (Å²) in [5.41, 5.74) is 2.19. The van der Waals surface area contributed by atoms with Crippen LogP contribution in [0.25, 0.3) is 0 Å². The highest BCUT2D eigenvalue weighted by Gasteiger charge is 2.24. The first-order chi connectivity index (χ1) is 11.2. The lowest BCUT2D eigenvalue weighted by Crippen LogP contribution is -3.17. The van der Waals surface area contributed by atoms with Gasteiger partial charge in [-0.3, -0.25) is 4.79 Å². The van der Waals surface area contributed by atoms with Crippen LogP contribution in [0.15, 0.2) is 24.3 Å². The summed E-state index contributed by atoms with van der Waals surface area (Å²) in [6.45, 7) is 6.29. The lowest BCUT2D eigenvalue weighted by molar-refractivity contribution is -0.920. The van der Waals surface area contributed by atoms with Crippen LogP contribution in [-0.4, -0.2) is 38.1 Å². The highest BCUT2D eigenvalue weighted by atomic mass is 16.2. The molecular formula is C19H30N3O+. The number of carbonyl (C=O) groups is 1. The molecule has 2 aliphatic heterocycles. The van der Waals surface area contributed by atoms with Gasteiger partial charge in [0.2, 0.25) is 0 Å². The van der Waals surface area contributed by atoms with Crippen LogP contribution in [0.5, 0.6) is 0 Å². The fourth-order valence-corrected chi connectivity index (χ4v) is 3.83. The monoisotopic (exact) mass is 316 g/mol.